The van der Waals surface area contributed by atoms with Crippen molar-refractivity contribution >= 4 is 22.9 Å². The van der Waals surface area contributed by atoms with Crippen LogP contribution < -0.4 is 5.32 Å². The van der Waals surface area contributed by atoms with E-state index in [2.05, 4.69) is 21.7 Å². The second kappa shape index (κ2) is 6.06. The fourth-order valence-electron chi connectivity index (χ4n) is 3.46. The number of nitrogens with one attached hydrogen (secondary N) is 1. The third-order valence-electron chi connectivity index (χ3n) is 4.66. The first kappa shape index (κ1) is 14.8. The van der Waals surface area contributed by atoms with Crippen molar-refractivity contribution in [3.8, 4) is 0 Å². The third kappa shape index (κ3) is 3.16. The predicted octanol–water partition coefficient (Wildman–Crippen LogP) is 3.84. The number of amides is 1. The Morgan fingerprint density at radius 1 is 1.26 bits per heavy atom. The van der Waals surface area contributed by atoms with Crippen molar-refractivity contribution < 1.29 is 9.18 Å². The number of nitrogens with zero attached hydrogens (tertiary/aromatic N) is 1. The molecule has 2 aliphatic rings. The van der Waals surface area contributed by atoms with Crippen molar-refractivity contribution in [1.29, 1.82) is 0 Å². The zero-order valence-electron chi connectivity index (χ0n) is 12.8. The van der Waals surface area contributed by atoms with E-state index in [1.807, 2.05) is 11.3 Å². The molecule has 120 valence electrons. The second-order valence-corrected chi connectivity index (χ2v) is 7.36. The summed E-state index contributed by atoms with van der Waals surface area (Å²) in [6.45, 7) is 1.33. The van der Waals surface area contributed by atoms with Crippen LogP contribution in [0.2, 0.25) is 0 Å². The van der Waals surface area contributed by atoms with Gasteiger partial charge in [-0.1, -0.05) is 0 Å². The lowest BCUT2D eigenvalue weighted by Gasteiger charge is -2.35. The van der Waals surface area contributed by atoms with Crippen LogP contribution >= 0.6 is 11.3 Å². The maximum atomic E-state index is 12.9. The van der Waals surface area contributed by atoms with E-state index in [0.717, 1.165) is 13.0 Å². The van der Waals surface area contributed by atoms with Crippen molar-refractivity contribution in [2.45, 2.75) is 25.3 Å². The molecular formula is C18H19FN2OS. The van der Waals surface area contributed by atoms with E-state index >= 15 is 0 Å². The maximum Gasteiger partial charge on any atom is 0.238 e. The minimum absolute atomic E-state index is 0.0269. The molecule has 2 heterocycles. The van der Waals surface area contributed by atoms with Crippen LogP contribution in [0.4, 0.5) is 10.1 Å². The zero-order valence-corrected chi connectivity index (χ0v) is 13.6. The molecule has 4 rings (SSSR count). The summed E-state index contributed by atoms with van der Waals surface area (Å²) in [6.07, 6.45) is 3.55. The summed E-state index contributed by atoms with van der Waals surface area (Å²) in [7, 11) is 0. The molecule has 1 aliphatic heterocycles. The van der Waals surface area contributed by atoms with Crippen molar-refractivity contribution in [1.82, 2.24) is 4.90 Å². The first-order chi connectivity index (χ1) is 11.2. The number of fused-ring (bicyclic) bond motifs is 1. The van der Waals surface area contributed by atoms with Gasteiger partial charge in [-0.3, -0.25) is 9.69 Å². The van der Waals surface area contributed by atoms with E-state index in [9.17, 15) is 9.18 Å². The molecule has 3 nitrogen and oxygen atoms in total. The first-order valence-corrected chi connectivity index (χ1v) is 8.94. The highest BCUT2D eigenvalue weighted by Gasteiger charge is 2.40. The van der Waals surface area contributed by atoms with Gasteiger partial charge in [-0.25, -0.2) is 4.39 Å². The summed E-state index contributed by atoms with van der Waals surface area (Å²) < 4.78 is 12.9. The van der Waals surface area contributed by atoms with Crippen LogP contribution in [0.25, 0.3) is 0 Å². The Kier molecular flexibility index (Phi) is 3.91. The average Bonchev–Trinajstić information content (AvgIpc) is 3.26. The molecule has 1 fully saturated rings. The number of anilines is 1. The van der Waals surface area contributed by atoms with Gasteiger partial charge in [0.05, 0.1) is 6.54 Å². The Balaban J connectivity index is 1.45. The fourth-order valence-corrected chi connectivity index (χ4v) is 4.37. The summed E-state index contributed by atoms with van der Waals surface area (Å²) in [6, 6.07) is 8.54. The molecule has 1 aromatic heterocycles. The Morgan fingerprint density at radius 3 is 2.78 bits per heavy atom. The summed E-state index contributed by atoms with van der Waals surface area (Å²) >= 11 is 1.84. The molecule has 0 saturated heterocycles. The van der Waals surface area contributed by atoms with Crippen molar-refractivity contribution in [2.75, 3.05) is 18.4 Å². The highest BCUT2D eigenvalue weighted by Crippen LogP contribution is 2.48. The molecule has 0 spiro atoms. The molecule has 2 aromatic rings. The van der Waals surface area contributed by atoms with Gasteiger partial charge in [0.15, 0.2) is 0 Å². The lowest BCUT2D eigenvalue weighted by molar-refractivity contribution is -0.118. The third-order valence-corrected chi connectivity index (χ3v) is 5.66. The van der Waals surface area contributed by atoms with E-state index in [4.69, 9.17) is 0 Å². The summed E-state index contributed by atoms with van der Waals surface area (Å²) in [5, 5.41) is 5.04. The monoisotopic (exact) mass is 330 g/mol. The quantitative estimate of drug-likeness (QED) is 0.924. The van der Waals surface area contributed by atoms with Gasteiger partial charge in [-0.05, 0) is 66.5 Å². The molecule has 1 saturated carbocycles. The van der Waals surface area contributed by atoms with Crippen molar-refractivity contribution in [2.24, 2.45) is 5.92 Å². The number of hydrogen-bond acceptors (Lipinski definition) is 3. The average molecular weight is 330 g/mol. The minimum Gasteiger partial charge on any atom is -0.325 e. The largest absolute Gasteiger partial charge is 0.325 e. The molecular weight excluding hydrogens is 311 g/mol. The predicted molar refractivity (Wildman–Crippen MR) is 90.1 cm³/mol. The molecule has 1 aromatic carbocycles. The lowest BCUT2D eigenvalue weighted by atomic mass is 9.96. The van der Waals surface area contributed by atoms with Gasteiger partial charge in [0, 0.05) is 23.2 Å². The number of carbonyl (C=O) groups is 1. The van der Waals surface area contributed by atoms with Crippen LogP contribution in [0.5, 0.6) is 0 Å². The molecule has 0 bridgehead atoms. The lowest BCUT2D eigenvalue weighted by Crippen LogP contribution is -2.41. The SMILES string of the molecule is O=C(CN1CCc2sccc2[C@H]1C1CC1)Nc1ccc(F)cc1. The van der Waals surface area contributed by atoms with Gasteiger partial charge < -0.3 is 5.32 Å². The van der Waals surface area contributed by atoms with E-state index in [1.54, 1.807) is 12.1 Å². The van der Waals surface area contributed by atoms with Crippen LogP contribution in [0.1, 0.15) is 29.3 Å². The van der Waals surface area contributed by atoms with Crippen LogP contribution in [0, 0.1) is 11.7 Å². The van der Waals surface area contributed by atoms with Crippen LogP contribution in [0.15, 0.2) is 35.7 Å². The molecule has 1 aliphatic carbocycles. The molecule has 1 amide bonds. The van der Waals surface area contributed by atoms with Gasteiger partial charge in [0.2, 0.25) is 5.91 Å². The standard InChI is InChI=1S/C18H19FN2OS/c19-13-3-5-14(6-4-13)20-17(22)11-21-9-7-16-15(8-10-23-16)18(21)12-1-2-12/h3-6,8,10,12,18H,1-2,7,9,11H2,(H,20,22)/t18-/m1/s1. The molecule has 0 radical (unpaired) electrons. The molecule has 5 heteroatoms. The Bertz CT molecular complexity index is 708. The number of thiophene rings is 1. The highest BCUT2D eigenvalue weighted by atomic mass is 32.1. The number of carbonyl (C=O) groups excluding carboxylic acids is 1. The van der Waals surface area contributed by atoms with Gasteiger partial charge in [-0.15, -0.1) is 11.3 Å². The molecule has 1 atom stereocenters. The topological polar surface area (TPSA) is 32.3 Å². The summed E-state index contributed by atoms with van der Waals surface area (Å²) in [5.74, 6) is 0.376. The Morgan fingerprint density at radius 2 is 2.04 bits per heavy atom. The maximum absolute atomic E-state index is 12.9. The van der Waals surface area contributed by atoms with Crippen LogP contribution in [0.3, 0.4) is 0 Å². The van der Waals surface area contributed by atoms with Crippen molar-refractivity contribution in [3.05, 3.63) is 52.0 Å². The van der Waals surface area contributed by atoms with Crippen LogP contribution in [-0.4, -0.2) is 23.9 Å². The van der Waals surface area contributed by atoms with Gasteiger partial charge in [0.25, 0.3) is 0 Å². The van der Waals surface area contributed by atoms with Gasteiger partial charge >= 0.3 is 0 Å². The molecule has 23 heavy (non-hydrogen) atoms. The molecule has 0 unspecified atom stereocenters. The first-order valence-electron chi connectivity index (χ1n) is 8.06. The number of benzene rings is 1. The van der Waals surface area contributed by atoms with Crippen LogP contribution in [-0.2, 0) is 11.2 Å². The normalized spacial score (nSPS) is 21.0. The van der Waals surface area contributed by atoms with Gasteiger partial charge in [0.1, 0.15) is 5.82 Å². The van der Waals surface area contributed by atoms with Gasteiger partial charge in [-0.2, -0.15) is 0 Å². The minimum atomic E-state index is -0.294. The summed E-state index contributed by atoms with van der Waals surface area (Å²) in [4.78, 5) is 16.2. The fraction of sp³-hybridized carbons (Fsp3) is 0.389. The van der Waals surface area contributed by atoms with E-state index < -0.39 is 0 Å². The second-order valence-electron chi connectivity index (χ2n) is 6.36. The summed E-state index contributed by atoms with van der Waals surface area (Å²) in [5.41, 5.74) is 2.07. The Hall–Kier alpha value is -1.72. The van der Waals surface area contributed by atoms with E-state index in [0.29, 0.717) is 24.2 Å². The van der Waals surface area contributed by atoms with Crippen molar-refractivity contribution in [3.63, 3.8) is 0 Å². The Labute approximate surface area is 139 Å². The number of halogens is 1. The zero-order chi connectivity index (χ0) is 15.8. The smallest absolute Gasteiger partial charge is 0.238 e. The highest BCUT2D eigenvalue weighted by molar-refractivity contribution is 7.10. The number of hydrogen-bond donors (Lipinski definition) is 1. The number of rotatable bonds is 4. The van der Waals surface area contributed by atoms with E-state index in [-0.39, 0.29) is 11.7 Å². The van der Waals surface area contributed by atoms with E-state index in [1.165, 1.54) is 35.4 Å². The molecule has 1 N–H and O–H groups in total.